The van der Waals surface area contributed by atoms with Gasteiger partial charge in [0.25, 0.3) is 0 Å². The number of allylic oxidation sites excluding steroid dienone is 14. The molecule has 0 spiro atoms. The summed E-state index contributed by atoms with van der Waals surface area (Å²) in [5, 5.41) is 0. The van der Waals surface area contributed by atoms with E-state index in [1.807, 2.05) is 12.2 Å². The van der Waals surface area contributed by atoms with E-state index in [-0.39, 0.29) is 32.6 Å². The third-order valence-corrected chi connectivity index (χ3v) is 9.26. The molecule has 0 saturated heterocycles. The second-order valence-corrected chi connectivity index (χ2v) is 14.9. The quantitative estimate of drug-likeness (QED) is 0.0271. The van der Waals surface area contributed by atoms with Crippen LogP contribution >= 0.6 is 7.82 Å². The molecule has 0 bridgehead atoms. The molecule has 0 amide bonds. The molecule has 0 aliphatic rings. The third kappa shape index (κ3) is 40.7. The third-order valence-electron chi connectivity index (χ3n) is 8.28. The zero-order valence-electron chi connectivity index (χ0n) is 34.4. The van der Waals surface area contributed by atoms with Gasteiger partial charge in [-0.05, 0) is 77.0 Å². The fourth-order valence-corrected chi connectivity index (χ4v) is 5.95. The lowest BCUT2D eigenvalue weighted by molar-refractivity contribution is -0.161. The lowest BCUT2D eigenvalue weighted by Gasteiger charge is -2.19. The van der Waals surface area contributed by atoms with E-state index in [1.165, 1.54) is 44.9 Å². The predicted octanol–water partition coefficient (Wildman–Crippen LogP) is 12.0. The first-order valence-corrected chi connectivity index (χ1v) is 22.6. The van der Waals surface area contributed by atoms with Crippen LogP contribution < -0.4 is 5.73 Å². The zero-order valence-corrected chi connectivity index (χ0v) is 35.3. The van der Waals surface area contributed by atoms with Crippen molar-refractivity contribution in [3.05, 3.63) is 85.1 Å². The molecule has 3 N–H and O–H groups in total. The standard InChI is InChI=1S/C45H76NO8P/c1-3-5-7-9-11-13-15-17-19-20-21-22-24-26-28-30-32-34-36-38-45(48)54-43(42-53-55(49,50)52-40-39-46)41-51-44(47)37-35-33-31-29-27-25-23-18-16-14-12-10-8-6-4-2/h5,7,11,13,17-19,21-23,26,28,32,34,43H,3-4,6,8-10,12,14-16,20,24-25,27,29-31,33,35-42,46H2,1-2H3,(H,49,50)/b7-5-,13-11-,19-17-,22-21-,23-18-,28-26-,34-32-/t43-/m1/s1. The molecule has 2 atom stereocenters. The summed E-state index contributed by atoms with van der Waals surface area (Å²) in [4.78, 5) is 34.8. The van der Waals surface area contributed by atoms with E-state index in [1.54, 1.807) is 0 Å². The maximum Gasteiger partial charge on any atom is 0.472 e. The topological polar surface area (TPSA) is 134 Å². The Bertz CT molecular complexity index is 1170. The van der Waals surface area contributed by atoms with Crippen molar-refractivity contribution in [3.63, 3.8) is 0 Å². The van der Waals surface area contributed by atoms with Crippen molar-refractivity contribution in [1.82, 2.24) is 0 Å². The predicted molar refractivity (Wildman–Crippen MR) is 229 cm³/mol. The van der Waals surface area contributed by atoms with Crippen molar-refractivity contribution in [2.75, 3.05) is 26.4 Å². The minimum atomic E-state index is -4.40. The molecular formula is C45H76NO8P. The summed E-state index contributed by atoms with van der Waals surface area (Å²) in [5.41, 5.74) is 5.34. The van der Waals surface area contributed by atoms with E-state index in [4.69, 9.17) is 24.3 Å². The van der Waals surface area contributed by atoms with E-state index in [0.717, 1.165) is 70.6 Å². The molecule has 0 fully saturated rings. The number of nitrogens with two attached hydrogens (primary N) is 1. The minimum absolute atomic E-state index is 0.0366. The monoisotopic (exact) mass is 790 g/mol. The van der Waals surface area contributed by atoms with Crippen molar-refractivity contribution in [2.45, 2.75) is 161 Å². The van der Waals surface area contributed by atoms with Crippen molar-refractivity contribution in [1.29, 1.82) is 0 Å². The molecule has 55 heavy (non-hydrogen) atoms. The number of phosphoric acid groups is 1. The van der Waals surface area contributed by atoms with Crippen LogP contribution in [0.15, 0.2) is 85.1 Å². The van der Waals surface area contributed by atoms with Crippen LogP contribution in [0, 0.1) is 0 Å². The molecule has 0 saturated carbocycles. The van der Waals surface area contributed by atoms with Gasteiger partial charge in [0, 0.05) is 19.4 Å². The van der Waals surface area contributed by atoms with Crippen LogP contribution in [0.1, 0.15) is 155 Å². The molecule has 314 valence electrons. The van der Waals surface area contributed by atoms with E-state index >= 15 is 0 Å². The van der Waals surface area contributed by atoms with Crippen LogP contribution in [0.4, 0.5) is 0 Å². The number of unbranched alkanes of at least 4 members (excludes halogenated alkanes) is 11. The average molecular weight is 790 g/mol. The maximum absolute atomic E-state index is 12.5. The lowest BCUT2D eigenvalue weighted by atomic mass is 10.1. The van der Waals surface area contributed by atoms with Gasteiger partial charge in [-0.2, -0.15) is 0 Å². The molecule has 10 heteroatoms. The Morgan fingerprint density at radius 1 is 0.564 bits per heavy atom. The summed E-state index contributed by atoms with van der Waals surface area (Å²) in [6, 6.07) is 0. The molecular weight excluding hydrogens is 713 g/mol. The largest absolute Gasteiger partial charge is 0.472 e. The van der Waals surface area contributed by atoms with Crippen LogP contribution in [0.25, 0.3) is 0 Å². The van der Waals surface area contributed by atoms with Gasteiger partial charge in [-0.3, -0.25) is 18.6 Å². The highest BCUT2D eigenvalue weighted by Crippen LogP contribution is 2.43. The molecule has 0 aromatic heterocycles. The van der Waals surface area contributed by atoms with Crippen LogP contribution in [-0.2, 0) is 32.7 Å². The number of hydrogen-bond donors (Lipinski definition) is 2. The fourth-order valence-electron chi connectivity index (χ4n) is 5.18. The van der Waals surface area contributed by atoms with Gasteiger partial charge in [-0.1, -0.05) is 150 Å². The summed E-state index contributed by atoms with van der Waals surface area (Å²) < 4.78 is 32.6. The molecule has 0 aliphatic heterocycles. The zero-order chi connectivity index (χ0) is 40.3. The van der Waals surface area contributed by atoms with E-state index in [2.05, 4.69) is 86.8 Å². The Kier molecular flexibility index (Phi) is 38.8. The summed E-state index contributed by atoms with van der Waals surface area (Å²) in [7, 11) is -4.40. The normalized spacial score (nSPS) is 14.2. The number of esters is 2. The summed E-state index contributed by atoms with van der Waals surface area (Å²) in [6.45, 7) is 3.49. The first-order valence-electron chi connectivity index (χ1n) is 21.1. The molecule has 0 radical (unpaired) electrons. The Labute approximate surface area is 334 Å². The molecule has 0 aliphatic carbocycles. The lowest BCUT2D eigenvalue weighted by Crippen LogP contribution is -2.29. The Morgan fingerprint density at radius 3 is 1.56 bits per heavy atom. The van der Waals surface area contributed by atoms with E-state index in [0.29, 0.717) is 12.8 Å². The van der Waals surface area contributed by atoms with Gasteiger partial charge in [0.15, 0.2) is 6.10 Å². The summed E-state index contributed by atoms with van der Waals surface area (Å²) in [5.74, 6) is -0.944. The van der Waals surface area contributed by atoms with Crippen molar-refractivity contribution < 1.29 is 37.6 Å². The van der Waals surface area contributed by atoms with Gasteiger partial charge in [0.2, 0.25) is 0 Å². The van der Waals surface area contributed by atoms with Crippen molar-refractivity contribution in [2.24, 2.45) is 5.73 Å². The number of hydrogen-bond acceptors (Lipinski definition) is 8. The van der Waals surface area contributed by atoms with Crippen LogP contribution in [0.5, 0.6) is 0 Å². The molecule has 0 aromatic rings. The maximum atomic E-state index is 12.5. The van der Waals surface area contributed by atoms with Gasteiger partial charge in [-0.15, -0.1) is 0 Å². The van der Waals surface area contributed by atoms with Gasteiger partial charge in [0.1, 0.15) is 6.61 Å². The second-order valence-electron chi connectivity index (χ2n) is 13.5. The van der Waals surface area contributed by atoms with Gasteiger partial charge in [-0.25, -0.2) is 4.57 Å². The van der Waals surface area contributed by atoms with Crippen molar-refractivity contribution in [3.8, 4) is 0 Å². The first kappa shape index (κ1) is 52.2. The van der Waals surface area contributed by atoms with Crippen LogP contribution in [0.2, 0.25) is 0 Å². The fraction of sp³-hybridized carbons (Fsp3) is 0.644. The number of carbonyl (C=O) groups excluding carboxylic acids is 2. The van der Waals surface area contributed by atoms with Gasteiger partial charge >= 0.3 is 19.8 Å². The Hall–Kier alpha value is -2.81. The van der Waals surface area contributed by atoms with Crippen LogP contribution in [0.3, 0.4) is 0 Å². The summed E-state index contributed by atoms with van der Waals surface area (Å²) in [6.07, 6.45) is 50.6. The second kappa shape index (κ2) is 40.8. The molecule has 0 heterocycles. The SMILES string of the molecule is CC/C=C\C/C=C\C/C=C\C/C=C\C/C=C\C/C=C\CCC(=O)O[C@H](COC(=O)CCCCCCC/C=C\CCCCCCCC)COP(=O)(O)OCCN. The first-order chi connectivity index (χ1) is 26.8. The molecule has 0 aromatic carbocycles. The van der Waals surface area contributed by atoms with Gasteiger partial charge in [0.05, 0.1) is 13.2 Å². The highest BCUT2D eigenvalue weighted by molar-refractivity contribution is 7.47. The van der Waals surface area contributed by atoms with Gasteiger partial charge < -0.3 is 20.1 Å². The Morgan fingerprint density at radius 2 is 1.04 bits per heavy atom. The van der Waals surface area contributed by atoms with Crippen LogP contribution in [-0.4, -0.2) is 49.3 Å². The number of carbonyl (C=O) groups is 2. The number of phosphoric ester groups is 1. The highest BCUT2D eigenvalue weighted by atomic mass is 31.2. The highest BCUT2D eigenvalue weighted by Gasteiger charge is 2.25. The number of rotatable bonds is 38. The molecule has 0 rings (SSSR count). The summed E-state index contributed by atoms with van der Waals surface area (Å²) >= 11 is 0. The van der Waals surface area contributed by atoms with E-state index < -0.39 is 32.5 Å². The number of ether oxygens (including phenoxy) is 2. The molecule has 9 nitrogen and oxygen atoms in total. The Balaban J connectivity index is 4.34. The smallest absolute Gasteiger partial charge is 0.462 e. The molecule has 1 unspecified atom stereocenters. The van der Waals surface area contributed by atoms with Crippen molar-refractivity contribution >= 4 is 19.8 Å². The van der Waals surface area contributed by atoms with E-state index in [9.17, 15) is 19.0 Å². The average Bonchev–Trinajstić information content (AvgIpc) is 3.17. The minimum Gasteiger partial charge on any atom is -0.462 e.